The molecule has 1 saturated carbocycles. The van der Waals surface area contributed by atoms with Crippen LogP contribution in [0.5, 0.6) is 5.75 Å². The highest BCUT2D eigenvalue weighted by molar-refractivity contribution is 6.32. The highest BCUT2D eigenvalue weighted by Crippen LogP contribution is 2.53. The zero-order valence-electron chi connectivity index (χ0n) is 9.83. The minimum Gasteiger partial charge on any atom is -0.495 e. The fraction of sp³-hybridized carbons (Fsp3) is 0.538. The molecule has 3 rings (SSSR count). The Morgan fingerprint density at radius 2 is 2.06 bits per heavy atom. The van der Waals surface area contributed by atoms with Gasteiger partial charge in [0.25, 0.3) is 0 Å². The largest absolute Gasteiger partial charge is 0.495 e. The zero-order valence-corrected chi connectivity index (χ0v) is 10.6. The summed E-state index contributed by atoms with van der Waals surface area (Å²) in [6, 6.07) is 5.93. The number of hydrogen-bond donors (Lipinski definition) is 1. The molecule has 0 radical (unpaired) electrons. The predicted octanol–water partition coefficient (Wildman–Crippen LogP) is 2.11. The third-order valence-electron chi connectivity index (χ3n) is 4.14. The van der Waals surface area contributed by atoms with Gasteiger partial charge in [-0.2, -0.15) is 0 Å². The quantitative estimate of drug-likeness (QED) is 0.897. The van der Waals surface area contributed by atoms with Crippen molar-refractivity contribution in [1.82, 2.24) is 0 Å². The van der Waals surface area contributed by atoms with Gasteiger partial charge >= 0.3 is 0 Å². The zero-order chi connectivity index (χ0) is 12.1. The molecule has 1 aliphatic carbocycles. The minimum atomic E-state index is -0.0941. The van der Waals surface area contributed by atoms with Gasteiger partial charge in [0.05, 0.1) is 30.8 Å². The molecule has 92 valence electrons. The Balaban J connectivity index is 2.00. The predicted molar refractivity (Wildman–Crippen MR) is 66.7 cm³/mol. The van der Waals surface area contributed by atoms with Crippen LogP contribution >= 0.6 is 11.6 Å². The van der Waals surface area contributed by atoms with Crippen molar-refractivity contribution < 1.29 is 9.47 Å². The summed E-state index contributed by atoms with van der Waals surface area (Å²) in [4.78, 5) is 0. The van der Waals surface area contributed by atoms with Crippen LogP contribution in [0.1, 0.15) is 18.4 Å². The SMILES string of the molecule is COc1ccc(C2(C3(N)CC3)COC2)cc1Cl. The lowest BCUT2D eigenvalue weighted by atomic mass is 9.71. The second kappa shape index (κ2) is 3.61. The summed E-state index contributed by atoms with van der Waals surface area (Å²) in [7, 11) is 1.62. The van der Waals surface area contributed by atoms with Gasteiger partial charge in [-0.15, -0.1) is 0 Å². The molecule has 1 aromatic carbocycles. The average Bonchev–Trinajstić information content (AvgIpc) is 2.96. The van der Waals surface area contributed by atoms with Gasteiger partial charge in [-0.3, -0.25) is 0 Å². The van der Waals surface area contributed by atoms with E-state index in [0.717, 1.165) is 12.8 Å². The van der Waals surface area contributed by atoms with Gasteiger partial charge < -0.3 is 15.2 Å². The van der Waals surface area contributed by atoms with Crippen LogP contribution in [-0.2, 0) is 10.2 Å². The van der Waals surface area contributed by atoms with Crippen LogP contribution in [-0.4, -0.2) is 25.9 Å². The van der Waals surface area contributed by atoms with E-state index < -0.39 is 0 Å². The Hall–Kier alpha value is -0.770. The van der Waals surface area contributed by atoms with Gasteiger partial charge in [0.2, 0.25) is 0 Å². The van der Waals surface area contributed by atoms with E-state index in [9.17, 15) is 0 Å². The van der Waals surface area contributed by atoms with E-state index in [1.165, 1.54) is 5.56 Å². The summed E-state index contributed by atoms with van der Waals surface area (Å²) >= 11 is 6.18. The lowest BCUT2D eigenvalue weighted by molar-refractivity contribution is -0.0786. The number of rotatable bonds is 3. The first-order valence-corrected chi connectivity index (χ1v) is 6.20. The molecule has 0 amide bonds. The van der Waals surface area contributed by atoms with E-state index in [-0.39, 0.29) is 11.0 Å². The third kappa shape index (κ3) is 1.49. The second-order valence-corrected chi connectivity index (χ2v) is 5.49. The van der Waals surface area contributed by atoms with Crippen LogP contribution in [0.15, 0.2) is 18.2 Å². The molecule has 0 bridgehead atoms. The maximum atomic E-state index is 6.39. The van der Waals surface area contributed by atoms with Gasteiger partial charge in [-0.25, -0.2) is 0 Å². The van der Waals surface area contributed by atoms with Gasteiger partial charge in [0.1, 0.15) is 5.75 Å². The summed E-state index contributed by atoms with van der Waals surface area (Å²) in [6.07, 6.45) is 2.14. The molecule has 3 nitrogen and oxygen atoms in total. The van der Waals surface area contributed by atoms with Crippen molar-refractivity contribution in [3.05, 3.63) is 28.8 Å². The summed E-state index contributed by atoms with van der Waals surface area (Å²) in [5, 5.41) is 0.639. The Labute approximate surface area is 106 Å². The van der Waals surface area contributed by atoms with Crippen LogP contribution in [0.3, 0.4) is 0 Å². The first-order valence-electron chi connectivity index (χ1n) is 5.82. The second-order valence-electron chi connectivity index (χ2n) is 5.08. The summed E-state index contributed by atoms with van der Waals surface area (Å²) in [5.41, 5.74) is 7.43. The first-order chi connectivity index (χ1) is 8.11. The molecule has 0 atom stereocenters. The molecule has 1 aromatic rings. The summed E-state index contributed by atoms with van der Waals surface area (Å²) in [6.45, 7) is 1.40. The molecular formula is C13H16ClNO2. The first kappa shape index (κ1) is 11.3. The van der Waals surface area contributed by atoms with E-state index in [0.29, 0.717) is 24.0 Å². The van der Waals surface area contributed by atoms with Crippen molar-refractivity contribution in [2.45, 2.75) is 23.8 Å². The summed E-state index contributed by atoms with van der Waals surface area (Å²) in [5.74, 6) is 0.702. The molecule has 1 saturated heterocycles. The lowest BCUT2D eigenvalue weighted by Crippen LogP contribution is -2.60. The van der Waals surface area contributed by atoms with E-state index in [4.69, 9.17) is 26.8 Å². The average molecular weight is 254 g/mol. The molecule has 17 heavy (non-hydrogen) atoms. The number of nitrogens with two attached hydrogens (primary N) is 1. The Morgan fingerprint density at radius 3 is 2.47 bits per heavy atom. The van der Waals surface area contributed by atoms with Crippen LogP contribution in [0, 0.1) is 0 Å². The van der Waals surface area contributed by atoms with E-state index in [2.05, 4.69) is 6.07 Å². The standard InChI is InChI=1S/C13H16ClNO2/c1-16-11-3-2-9(6-10(11)14)12(7-17-8-12)13(15)4-5-13/h2-3,6H,4-5,7-8,15H2,1H3. The number of hydrogen-bond acceptors (Lipinski definition) is 3. The molecular weight excluding hydrogens is 238 g/mol. The van der Waals surface area contributed by atoms with Crippen LogP contribution in [0.25, 0.3) is 0 Å². The number of halogens is 1. The van der Waals surface area contributed by atoms with E-state index in [1.807, 2.05) is 12.1 Å². The molecule has 2 aliphatic rings. The highest BCUT2D eigenvalue weighted by atomic mass is 35.5. The summed E-state index contributed by atoms with van der Waals surface area (Å²) < 4.78 is 10.6. The highest BCUT2D eigenvalue weighted by Gasteiger charge is 2.61. The van der Waals surface area contributed by atoms with Gasteiger partial charge in [-0.05, 0) is 30.5 Å². The molecule has 0 aromatic heterocycles. The normalized spacial score (nSPS) is 23.9. The van der Waals surface area contributed by atoms with Crippen LogP contribution in [0.4, 0.5) is 0 Å². The Bertz CT molecular complexity index is 453. The van der Waals surface area contributed by atoms with Crippen molar-refractivity contribution in [2.24, 2.45) is 5.73 Å². The van der Waals surface area contributed by atoms with Crippen LogP contribution in [0.2, 0.25) is 5.02 Å². The Morgan fingerprint density at radius 1 is 1.35 bits per heavy atom. The molecule has 2 N–H and O–H groups in total. The van der Waals surface area contributed by atoms with E-state index in [1.54, 1.807) is 7.11 Å². The van der Waals surface area contributed by atoms with Crippen LogP contribution < -0.4 is 10.5 Å². The Kier molecular flexibility index (Phi) is 2.41. The molecule has 2 fully saturated rings. The van der Waals surface area contributed by atoms with Crippen molar-refractivity contribution in [3.8, 4) is 5.75 Å². The number of benzene rings is 1. The smallest absolute Gasteiger partial charge is 0.137 e. The van der Waals surface area contributed by atoms with Crippen molar-refractivity contribution in [2.75, 3.05) is 20.3 Å². The minimum absolute atomic E-state index is 0.0388. The van der Waals surface area contributed by atoms with Crippen molar-refractivity contribution in [1.29, 1.82) is 0 Å². The molecule has 0 unspecified atom stereocenters. The lowest BCUT2D eigenvalue weighted by Gasteiger charge is -2.47. The van der Waals surface area contributed by atoms with Gasteiger partial charge in [-0.1, -0.05) is 17.7 Å². The number of ether oxygens (including phenoxy) is 2. The molecule has 1 heterocycles. The molecule has 1 aliphatic heterocycles. The fourth-order valence-corrected chi connectivity index (χ4v) is 2.88. The molecule has 0 spiro atoms. The maximum absolute atomic E-state index is 6.39. The third-order valence-corrected chi connectivity index (χ3v) is 4.44. The maximum Gasteiger partial charge on any atom is 0.137 e. The van der Waals surface area contributed by atoms with Crippen molar-refractivity contribution in [3.63, 3.8) is 0 Å². The topological polar surface area (TPSA) is 44.5 Å². The number of methoxy groups -OCH3 is 1. The fourth-order valence-electron chi connectivity index (χ4n) is 2.63. The monoisotopic (exact) mass is 253 g/mol. The van der Waals surface area contributed by atoms with Gasteiger partial charge in [0, 0.05) is 5.54 Å². The van der Waals surface area contributed by atoms with E-state index >= 15 is 0 Å². The molecule has 4 heteroatoms. The van der Waals surface area contributed by atoms with Gasteiger partial charge in [0.15, 0.2) is 0 Å². The van der Waals surface area contributed by atoms with Crippen molar-refractivity contribution >= 4 is 11.6 Å².